The molecule has 0 spiro atoms. The summed E-state index contributed by atoms with van der Waals surface area (Å²) in [7, 11) is 0. The molecule has 0 radical (unpaired) electrons. The molecule has 2 aromatic carbocycles. The van der Waals surface area contributed by atoms with Gasteiger partial charge in [0, 0.05) is 18.3 Å². The van der Waals surface area contributed by atoms with E-state index in [1.165, 1.54) is 5.56 Å². The molecule has 2 aromatic heterocycles. The van der Waals surface area contributed by atoms with Crippen LogP contribution in [-0.4, -0.2) is 20.9 Å². The van der Waals surface area contributed by atoms with Gasteiger partial charge in [-0.2, -0.15) is 0 Å². The number of pyridine rings is 1. The summed E-state index contributed by atoms with van der Waals surface area (Å²) in [5.41, 5.74) is 4.19. The van der Waals surface area contributed by atoms with Gasteiger partial charge in [-0.05, 0) is 42.3 Å². The van der Waals surface area contributed by atoms with Gasteiger partial charge in [-0.3, -0.25) is 9.78 Å². The first-order chi connectivity index (χ1) is 12.8. The van der Waals surface area contributed by atoms with E-state index in [0.29, 0.717) is 11.4 Å². The van der Waals surface area contributed by atoms with Crippen LogP contribution < -0.4 is 5.32 Å². The van der Waals surface area contributed by atoms with Crippen LogP contribution in [0.5, 0.6) is 0 Å². The number of aromatic nitrogens is 3. The fraction of sp³-hybridized carbons (Fsp3) is 0.0952. The van der Waals surface area contributed by atoms with Crippen molar-refractivity contribution in [2.75, 3.05) is 5.32 Å². The first-order valence-electron chi connectivity index (χ1n) is 8.53. The highest BCUT2D eigenvalue weighted by Crippen LogP contribution is 2.18. The van der Waals surface area contributed by atoms with E-state index in [4.69, 9.17) is 0 Å². The third-order valence-corrected chi connectivity index (χ3v) is 4.18. The van der Waals surface area contributed by atoms with E-state index in [-0.39, 0.29) is 5.91 Å². The van der Waals surface area contributed by atoms with Crippen molar-refractivity contribution in [2.45, 2.75) is 12.8 Å². The summed E-state index contributed by atoms with van der Waals surface area (Å²) in [5.74, 6) is 0.714. The number of nitrogens with zero attached hydrogens (tertiary/aromatic N) is 2. The molecule has 0 atom stereocenters. The molecule has 1 amide bonds. The Balaban J connectivity index is 1.48. The third-order valence-electron chi connectivity index (χ3n) is 4.18. The molecule has 2 N–H and O–H groups in total. The molecule has 4 aromatic rings. The van der Waals surface area contributed by atoms with Gasteiger partial charge in [0.15, 0.2) is 0 Å². The van der Waals surface area contributed by atoms with E-state index >= 15 is 0 Å². The summed E-state index contributed by atoms with van der Waals surface area (Å²) in [5, 5.41) is 2.87. The number of imidazole rings is 1. The zero-order chi connectivity index (χ0) is 17.8. The Morgan fingerprint density at radius 1 is 0.962 bits per heavy atom. The van der Waals surface area contributed by atoms with Crippen LogP contribution in [0.2, 0.25) is 0 Å². The van der Waals surface area contributed by atoms with Gasteiger partial charge in [-0.1, -0.05) is 36.4 Å². The van der Waals surface area contributed by atoms with Crippen LogP contribution in [0.15, 0.2) is 72.9 Å². The van der Waals surface area contributed by atoms with Crippen molar-refractivity contribution in [3.8, 4) is 0 Å². The summed E-state index contributed by atoms with van der Waals surface area (Å²) in [6, 6.07) is 21.3. The minimum atomic E-state index is -0.228. The molecule has 5 nitrogen and oxygen atoms in total. The number of H-pyrrole nitrogens is 1. The number of aromatic amines is 1. The highest BCUT2D eigenvalue weighted by molar-refractivity contribution is 6.03. The van der Waals surface area contributed by atoms with Gasteiger partial charge >= 0.3 is 0 Å². The number of anilines is 1. The average Bonchev–Trinajstić information content (AvgIpc) is 3.10. The number of hydrogen-bond acceptors (Lipinski definition) is 3. The quantitative estimate of drug-likeness (QED) is 0.576. The number of carbonyl (C=O) groups is 1. The molecule has 0 fully saturated rings. The monoisotopic (exact) mass is 342 g/mol. The van der Waals surface area contributed by atoms with E-state index in [1.807, 2.05) is 36.4 Å². The highest BCUT2D eigenvalue weighted by Gasteiger charge is 2.09. The lowest BCUT2D eigenvalue weighted by molar-refractivity contribution is 0.102. The minimum absolute atomic E-state index is 0.228. The summed E-state index contributed by atoms with van der Waals surface area (Å²) in [4.78, 5) is 24.2. The smallest absolute Gasteiger partial charge is 0.274 e. The molecule has 0 unspecified atom stereocenters. The number of benzene rings is 2. The van der Waals surface area contributed by atoms with Crippen molar-refractivity contribution in [2.24, 2.45) is 0 Å². The van der Waals surface area contributed by atoms with Crippen LogP contribution in [0.1, 0.15) is 21.9 Å². The zero-order valence-corrected chi connectivity index (χ0v) is 14.1. The molecule has 5 heteroatoms. The van der Waals surface area contributed by atoms with E-state index < -0.39 is 0 Å². The van der Waals surface area contributed by atoms with Crippen LogP contribution >= 0.6 is 0 Å². The molecular formula is C21H18N4O. The molecule has 128 valence electrons. The van der Waals surface area contributed by atoms with Crippen LogP contribution in [0.4, 0.5) is 5.69 Å². The molecule has 0 aliphatic carbocycles. The molecule has 4 rings (SSSR count). The second-order valence-electron chi connectivity index (χ2n) is 6.07. The predicted molar refractivity (Wildman–Crippen MR) is 102 cm³/mol. The second kappa shape index (κ2) is 7.19. The Hall–Kier alpha value is -3.47. The molecular weight excluding hydrogens is 324 g/mol. The first kappa shape index (κ1) is 16.0. The van der Waals surface area contributed by atoms with Crippen molar-refractivity contribution in [1.29, 1.82) is 0 Å². The lowest BCUT2D eigenvalue weighted by atomic mass is 10.1. The number of carbonyl (C=O) groups excluding carboxylic acids is 1. The molecule has 0 aliphatic rings. The van der Waals surface area contributed by atoms with E-state index in [2.05, 4.69) is 32.4 Å². The summed E-state index contributed by atoms with van der Waals surface area (Å²) in [6.45, 7) is 0. The lowest BCUT2D eigenvalue weighted by Crippen LogP contribution is -2.13. The Morgan fingerprint density at radius 2 is 1.81 bits per heavy atom. The van der Waals surface area contributed by atoms with Gasteiger partial charge < -0.3 is 10.3 Å². The van der Waals surface area contributed by atoms with Gasteiger partial charge in [0.25, 0.3) is 5.91 Å². The number of nitrogens with one attached hydrogen (secondary N) is 2. The first-order valence-corrected chi connectivity index (χ1v) is 8.53. The fourth-order valence-corrected chi connectivity index (χ4v) is 2.86. The second-order valence-corrected chi connectivity index (χ2v) is 6.07. The molecule has 2 heterocycles. The van der Waals surface area contributed by atoms with E-state index in [0.717, 1.165) is 29.7 Å². The Bertz CT molecular complexity index is 1030. The van der Waals surface area contributed by atoms with E-state index in [9.17, 15) is 4.79 Å². The molecule has 0 aliphatic heterocycles. The third kappa shape index (κ3) is 3.62. The minimum Gasteiger partial charge on any atom is -0.342 e. The van der Waals surface area contributed by atoms with Crippen LogP contribution in [0.3, 0.4) is 0 Å². The lowest BCUT2D eigenvalue weighted by Gasteiger charge is -2.04. The number of aryl methyl sites for hydroxylation is 2. The number of hydrogen-bond donors (Lipinski definition) is 2. The largest absolute Gasteiger partial charge is 0.342 e. The maximum absolute atomic E-state index is 12.2. The molecule has 0 saturated heterocycles. The fourth-order valence-electron chi connectivity index (χ4n) is 2.86. The maximum atomic E-state index is 12.2. The zero-order valence-electron chi connectivity index (χ0n) is 14.1. The van der Waals surface area contributed by atoms with E-state index in [1.54, 1.807) is 24.4 Å². The molecule has 26 heavy (non-hydrogen) atoms. The average molecular weight is 342 g/mol. The number of fused-ring (bicyclic) bond motifs is 1. The number of amides is 1. The van der Waals surface area contributed by atoms with Crippen molar-refractivity contribution in [3.05, 3.63) is 90.0 Å². The summed E-state index contributed by atoms with van der Waals surface area (Å²) >= 11 is 0. The Morgan fingerprint density at radius 3 is 2.62 bits per heavy atom. The molecule has 0 bridgehead atoms. The Kier molecular flexibility index (Phi) is 4.43. The van der Waals surface area contributed by atoms with Crippen LogP contribution in [-0.2, 0) is 12.8 Å². The summed E-state index contributed by atoms with van der Waals surface area (Å²) < 4.78 is 0. The SMILES string of the molecule is O=C(Nc1ccc2nc(CCc3ccccc3)[nH]c2c1)c1ccccn1. The van der Waals surface area contributed by atoms with Crippen molar-refractivity contribution >= 4 is 22.6 Å². The predicted octanol–water partition coefficient (Wildman–Crippen LogP) is 4.00. The summed E-state index contributed by atoms with van der Waals surface area (Å²) in [6.07, 6.45) is 3.38. The normalized spacial score (nSPS) is 10.8. The van der Waals surface area contributed by atoms with Gasteiger partial charge in [0.1, 0.15) is 11.5 Å². The Labute approximate surface area is 151 Å². The number of rotatable bonds is 5. The van der Waals surface area contributed by atoms with Crippen molar-refractivity contribution in [1.82, 2.24) is 15.0 Å². The van der Waals surface area contributed by atoms with Gasteiger partial charge in [-0.25, -0.2) is 4.98 Å². The molecule has 0 saturated carbocycles. The topological polar surface area (TPSA) is 70.7 Å². The van der Waals surface area contributed by atoms with Gasteiger partial charge in [0.05, 0.1) is 11.0 Å². The van der Waals surface area contributed by atoms with Gasteiger partial charge in [-0.15, -0.1) is 0 Å². The van der Waals surface area contributed by atoms with Crippen LogP contribution in [0, 0.1) is 0 Å². The van der Waals surface area contributed by atoms with Gasteiger partial charge in [0.2, 0.25) is 0 Å². The van der Waals surface area contributed by atoms with Crippen molar-refractivity contribution in [3.63, 3.8) is 0 Å². The highest BCUT2D eigenvalue weighted by atomic mass is 16.1. The van der Waals surface area contributed by atoms with Crippen molar-refractivity contribution < 1.29 is 4.79 Å². The van der Waals surface area contributed by atoms with Crippen LogP contribution in [0.25, 0.3) is 11.0 Å². The maximum Gasteiger partial charge on any atom is 0.274 e. The standard InChI is InChI=1S/C21H18N4O/c26-21(18-8-4-5-13-22-18)23-16-10-11-17-19(14-16)25-20(24-17)12-9-15-6-2-1-3-7-15/h1-8,10-11,13-14H,9,12H2,(H,23,26)(H,24,25).